The summed E-state index contributed by atoms with van der Waals surface area (Å²) in [6.07, 6.45) is 2.63. The van der Waals surface area contributed by atoms with Crippen LogP contribution < -0.4 is 4.72 Å². The molecule has 2 aromatic rings. The molecule has 2 rings (SSSR count). The van der Waals surface area contributed by atoms with Gasteiger partial charge in [-0.1, -0.05) is 11.6 Å². The number of nitrogens with zero attached hydrogens (tertiary/aromatic N) is 1. The summed E-state index contributed by atoms with van der Waals surface area (Å²) in [5.41, 5.74) is 0.293. The minimum absolute atomic E-state index is 0.169. The summed E-state index contributed by atoms with van der Waals surface area (Å²) in [7, 11) is -2.82. The Morgan fingerprint density at radius 1 is 1.62 bits per heavy atom. The maximum atomic E-state index is 12.3. The van der Waals surface area contributed by atoms with E-state index < -0.39 is 22.0 Å². The Labute approximate surface area is 125 Å². The van der Waals surface area contributed by atoms with Crippen molar-refractivity contribution in [1.29, 1.82) is 0 Å². The first-order valence-electron chi connectivity index (χ1n) is 5.72. The van der Waals surface area contributed by atoms with Crippen molar-refractivity contribution in [2.24, 2.45) is 0 Å². The third-order valence-electron chi connectivity index (χ3n) is 2.70. The van der Waals surface area contributed by atoms with Gasteiger partial charge in [-0.3, -0.25) is 4.79 Å². The molecule has 0 aliphatic heterocycles. The van der Waals surface area contributed by atoms with Crippen LogP contribution in [-0.2, 0) is 19.6 Å². The average molecular weight is 334 g/mol. The van der Waals surface area contributed by atoms with E-state index in [1.165, 1.54) is 25.6 Å². The molecule has 0 saturated carbocycles. The van der Waals surface area contributed by atoms with E-state index >= 15 is 0 Å². The number of rotatable bonds is 6. The van der Waals surface area contributed by atoms with Crippen LogP contribution >= 0.6 is 11.6 Å². The smallest absolute Gasteiger partial charge is 0.324 e. The Balaban J connectivity index is 2.45. The highest BCUT2D eigenvalue weighted by Gasteiger charge is 2.28. The number of hydrogen-bond acceptors (Lipinski definition) is 5. The number of carboxylic acids is 1. The van der Waals surface area contributed by atoms with Crippen LogP contribution in [0.15, 0.2) is 23.4 Å². The van der Waals surface area contributed by atoms with E-state index in [1.807, 2.05) is 0 Å². The van der Waals surface area contributed by atoms with Gasteiger partial charge in [0.05, 0.1) is 17.0 Å². The van der Waals surface area contributed by atoms with Gasteiger partial charge in [0, 0.05) is 19.5 Å². The fourth-order valence-corrected chi connectivity index (χ4v) is 3.44. The highest BCUT2D eigenvalue weighted by molar-refractivity contribution is 7.89. The molecule has 2 aromatic heterocycles. The van der Waals surface area contributed by atoms with Crippen LogP contribution in [0.1, 0.15) is 0 Å². The standard InChI is InChI=1S/C11H12ClN3O5S/c1-20-5-7(11(16)17)15-21(18,19)8-4-14-10-9(8)6(12)2-3-13-10/h2-4,7,15H,5H2,1H3,(H,13,14)(H,16,17). The van der Waals surface area contributed by atoms with E-state index in [0.717, 1.165) is 0 Å². The number of fused-ring (bicyclic) bond motifs is 1. The molecule has 0 radical (unpaired) electrons. The van der Waals surface area contributed by atoms with Crippen molar-refractivity contribution in [2.45, 2.75) is 10.9 Å². The molecular formula is C11H12ClN3O5S. The van der Waals surface area contributed by atoms with Crippen molar-refractivity contribution in [1.82, 2.24) is 14.7 Å². The zero-order chi connectivity index (χ0) is 15.6. The first kappa shape index (κ1) is 15.7. The third-order valence-corrected chi connectivity index (χ3v) is 4.52. The molecule has 0 saturated heterocycles. The number of aliphatic carboxylic acids is 1. The molecule has 0 aromatic carbocycles. The van der Waals surface area contributed by atoms with Gasteiger partial charge in [0.15, 0.2) is 0 Å². The molecule has 3 N–H and O–H groups in total. The zero-order valence-corrected chi connectivity index (χ0v) is 12.4. The van der Waals surface area contributed by atoms with Gasteiger partial charge in [0.2, 0.25) is 10.0 Å². The molecule has 0 amide bonds. The van der Waals surface area contributed by atoms with Crippen molar-refractivity contribution in [3.05, 3.63) is 23.5 Å². The summed E-state index contributed by atoms with van der Waals surface area (Å²) in [5.74, 6) is -1.34. The molecule has 0 fully saturated rings. The van der Waals surface area contributed by atoms with Crippen molar-refractivity contribution in [2.75, 3.05) is 13.7 Å². The Morgan fingerprint density at radius 2 is 2.33 bits per heavy atom. The number of ether oxygens (including phenoxy) is 1. The van der Waals surface area contributed by atoms with Crippen LogP contribution in [0.2, 0.25) is 5.02 Å². The van der Waals surface area contributed by atoms with Gasteiger partial charge in [0.1, 0.15) is 16.6 Å². The lowest BCUT2D eigenvalue weighted by molar-refractivity contribution is -0.140. The first-order chi connectivity index (χ1) is 9.86. The van der Waals surface area contributed by atoms with E-state index in [4.69, 9.17) is 16.7 Å². The molecule has 0 spiro atoms. The normalized spacial score (nSPS) is 13.4. The molecule has 2 heterocycles. The van der Waals surface area contributed by atoms with Gasteiger partial charge in [-0.15, -0.1) is 0 Å². The lowest BCUT2D eigenvalue weighted by Crippen LogP contribution is -2.43. The Hall–Kier alpha value is -1.68. The lowest BCUT2D eigenvalue weighted by atomic mass is 10.3. The molecule has 114 valence electrons. The fraction of sp³-hybridized carbons (Fsp3) is 0.273. The molecule has 0 bridgehead atoms. The second-order valence-corrected chi connectivity index (χ2v) is 6.23. The van der Waals surface area contributed by atoms with Crippen LogP contribution in [0, 0.1) is 0 Å². The van der Waals surface area contributed by atoms with Crippen LogP contribution in [0.25, 0.3) is 11.0 Å². The maximum absolute atomic E-state index is 12.3. The predicted octanol–water partition coefficient (Wildman–Crippen LogP) is 0.594. The third kappa shape index (κ3) is 3.16. The molecule has 10 heteroatoms. The van der Waals surface area contributed by atoms with Crippen LogP contribution in [0.3, 0.4) is 0 Å². The number of pyridine rings is 1. The number of methoxy groups -OCH3 is 1. The van der Waals surface area contributed by atoms with Gasteiger partial charge >= 0.3 is 5.97 Å². The largest absolute Gasteiger partial charge is 0.480 e. The van der Waals surface area contributed by atoms with Crippen molar-refractivity contribution >= 4 is 38.6 Å². The number of aromatic amines is 1. The molecule has 1 unspecified atom stereocenters. The molecule has 0 aliphatic carbocycles. The minimum atomic E-state index is -4.10. The molecule has 21 heavy (non-hydrogen) atoms. The fourth-order valence-electron chi connectivity index (χ4n) is 1.77. The van der Waals surface area contributed by atoms with Gasteiger partial charge < -0.3 is 14.8 Å². The number of hydrogen-bond donors (Lipinski definition) is 3. The zero-order valence-electron chi connectivity index (χ0n) is 10.8. The van der Waals surface area contributed by atoms with E-state index in [-0.39, 0.29) is 21.9 Å². The number of carboxylic acid groups (broad SMARTS) is 1. The quantitative estimate of drug-likeness (QED) is 0.711. The van der Waals surface area contributed by atoms with Crippen molar-refractivity contribution in [3.8, 4) is 0 Å². The van der Waals surface area contributed by atoms with Crippen LogP contribution in [-0.4, -0.2) is 49.2 Å². The Morgan fingerprint density at radius 3 is 2.95 bits per heavy atom. The molecule has 0 aliphatic rings. The Bertz CT molecular complexity index is 773. The number of H-pyrrole nitrogens is 1. The summed E-state index contributed by atoms with van der Waals surface area (Å²) in [6.45, 7) is -0.303. The monoisotopic (exact) mass is 333 g/mol. The average Bonchev–Trinajstić information content (AvgIpc) is 2.84. The number of aromatic nitrogens is 2. The number of halogens is 1. The SMILES string of the molecule is COCC(NS(=O)(=O)c1c[nH]c2nccc(Cl)c12)C(=O)O. The summed E-state index contributed by atoms with van der Waals surface area (Å²) in [5, 5.41) is 9.38. The van der Waals surface area contributed by atoms with E-state index in [0.29, 0.717) is 5.65 Å². The van der Waals surface area contributed by atoms with Gasteiger partial charge in [-0.25, -0.2) is 13.4 Å². The van der Waals surface area contributed by atoms with Crippen molar-refractivity contribution < 1.29 is 23.1 Å². The number of sulfonamides is 1. The molecular weight excluding hydrogens is 322 g/mol. The topological polar surface area (TPSA) is 121 Å². The summed E-state index contributed by atoms with van der Waals surface area (Å²) >= 11 is 5.98. The summed E-state index contributed by atoms with van der Waals surface area (Å²) in [6, 6.07) is 0.0426. The van der Waals surface area contributed by atoms with Gasteiger partial charge in [-0.05, 0) is 6.07 Å². The van der Waals surface area contributed by atoms with E-state index in [1.54, 1.807) is 0 Å². The van der Waals surface area contributed by atoms with Crippen molar-refractivity contribution in [3.63, 3.8) is 0 Å². The highest BCUT2D eigenvalue weighted by Crippen LogP contribution is 2.28. The number of carbonyl (C=O) groups is 1. The first-order valence-corrected chi connectivity index (χ1v) is 7.58. The number of nitrogens with one attached hydrogen (secondary N) is 2. The van der Waals surface area contributed by atoms with Crippen LogP contribution in [0.4, 0.5) is 0 Å². The minimum Gasteiger partial charge on any atom is -0.480 e. The summed E-state index contributed by atoms with van der Waals surface area (Å²) < 4.78 is 31.4. The predicted molar refractivity (Wildman–Crippen MR) is 74.7 cm³/mol. The molecule has 1 atom stereocenters. The van der Waals surface area contributed by atoms with Gasteiger partial charge in [0.25, 0.3) is 0 Å². The Kier molecular flexibility index (Phi) is 4.47. The van der Waals surface area contributed by atoms with E-state index in [2.05, 4.69) is 19.4 Å². The van der Waals surface area contributed by atoms with E-state index in [9.17, 15) is 13.2 Å². The van der Waals surface area contributed by atoms with Gasteiger partial charge in [-0.2, -0.15) is 4.72 Å². The second-order valence-electron chi connectivity index (χ2n) is 4.14. The maximum Gasteiger partial charge on any atom is 0.324 e. The molecule has 8 nitrogen and oxygen atoms in total. The van der Waals surface area contributed by atoms with Crippen LogP contribution in [0.5, 0.6) is 0 Å². The highest BCUT2D eigenvalue weighted by atomic mass is 35.5. The second kappa shape index (κ2) is 5.98. The lowest BCUT2D eigenvalue weighted by Gasteiger charge is -2.13. The summed E-state index contributed by atoms with van der Waals surface area (Å²) in [4.78, 5) is 17.5.